The second kappa shape index (κ2) is 6.48. The summed E-state index contributed by atoms with van der Waals surface area (Å²) in [5.41, 5.74) is 2.42. The highest BCUT2D eigenvalue weighted by Gasteiger charge is 2.10. The number of aliphatic carboxylic acids is 1. The maximum absolute atomic E-state index is 11.2. The van der Waals surface area contributed by atoms with Crippen LogP contribution < -0.4 is 0 Å². The predicted molar refractivity (Wildman–Crippen MR) is 80.7 cm³/mol. The highest BCUT2D eigenvalue weighted by Crippen LogP contribution is 2.20. The quantitative estimate of drug-likeness (QED) is 0.678. The average molecular weight is 265 g/mol. The fourth-order valence-electron chi connectivity index (χ4n) is 1.76. The number of rotatable bonds is 4. The normalized spacial score (nSPS) is 12.2. The van der Waals surface area contributed by atoms with Gasteiger partial charge in [-0.05, 0) is 12.5 Å². The molecule has 100 valence electrons. The molecule has 1 N–H and O–H groups in total. The maximum Gasteiger partial charge on any atom is 0.333 e. The molecule has 0 spiro atoms. The van der Waals surface area contributed by atoms with E-state index < -0.39 is 5.97 Å². The third-order valence-corrected chi connectivity index (χ3v) is 2.87. The molecule has 2 aromatic carbocycles. The van der Waals surface area contributed by atoms with E-state index in [1.54, 1.807) is 13.1 Å². The molecule has 0 saturated heterocycles. The van der Waals surface area contributed by atoms with Crippen LogP contribution in [0.1, 0.15) is 18.1 Å². The Morgan fingerprint density at radius 3 is 2.10 bits per heavy atom. The Morgan fingerprint density at radius 1 is 1.00 bits per heavy atom. The SMILES string of the molecule is CC(C(=O)O)=C(N=Cc1ccccc1)c1ccccc1. The minimum Gasteiger partial charge on any atom is -0.478 e. The molecule has 0 atom stereocenters. The number of benzene rings is 2. The first kappa shape index (κ1) is 13.7. The first-order chi connectivity index (χ1) is 9.68. The molecule has 0 fully saturated rings. The van der Waals surface area contributed by atoms with Gasteiger partial charge >= 0.3 is 5.97 Å². The lowest BCUT2D eigenvalue weighted by Gasteiger charge is -2.05. The van der Waals surface area contributed by atoms with Gasteiger partial charge in [0.15, 0.2) is 0 Å². The zero-order valence-electron chi connectivity index (χ0n) is 11.2. The van der Waals surface area contributed by atoms with Crippen molar-refractivity contribution in [2.45, 2.75) is 6.92 Å². The summed E-state index contributed by atoms with van der Waals surface area (Å²) in [5.74, 6) is -0.964. The monoisotopic (exact) mass is 265 g/mol. The second-order valence-electron chi connectivity index (χ2n) is 4.31. The van der Waals surface area contributed by atoms with Crippen LogP contribution in [0.5, 0.6) is 0 Å². The van der Waals surface area contributed by atoms with Crippen molar-refractivity contribution in [3.05, 3.63) is 77.4 Å². The molecular formula is C17H15NO2. The van der Waals surface area contributed by atoms with Gasteiger partial charge in [0.25, 0.3) is 0 Å². The molecule has 0 bridgehead atoms. The van der Waals surface area contributed by atoms with Gasteiger partial charge in [-0.3, -0.25) is 4.99 Å². The van der Waals surface area contributed by atoms with E-state index in [4.69, 9.17) is 0 Å². The summed E-state index contributed by atoms with van der Waals surface area (Å²) in [5, 5.41) is 9.18. The summed E-state index contributed by atoms with van der Waals surface area (Å²) in [6.45, 7) is 1.56. The Morgan fingerprint density at radius 2 is 1.55 bits per heavy atom. The van der Waals surface area contributed by atoms with E-state index in [1.807, 2.05) is 60.7 Å². The van der Waals surface area contributed by atoms with Crippen LogP contribution >= 0.6 is 0 Å². The molecule has 0 radical (unpaired) electrons. The Labute approximate surface area is 117 Å². The van der Waals surface area contributed by atoms with Gasteiger partial charge in [-0.15, -0.1) is 0 Å². The van der Waals surface area contributed by atoms with Crippen LogP contribution in [0.15, 0.2) is 71.2 Å². The van der Waals surface area contributed by atoms with Crippen molar-refractivity contribution in [3.63, 3.8) is 0 Å². The first-order valence-electron chi connectivity index (χ1n) is 6.27. The number of carboxylic acids is 1. The van der Waals surface area contributed by atoms with Crippen molar-refractivity contribution in [3.8, 4) is 0 Å². The lowest BCUT2D eigenvalue weighted by atomic mass is 10.1. The summed E-state index contributed by atoms with van der Waals surface area (Å²) in [4.78, 5) is 15.6. The van der Waals surface area contributed by atoms with E-state index in [9.17, 15) is 9.90 Å². The Balaban J connectivity index is 2.42. The molecule has 2 rings (SSSR count). The van der Waals surface area contributed by atoms with Gasteiger partial charge in [0, 0.05) is 11.8 Å². The molecule has 0 unspecified atom stereocenters. The van der Waals surface area contributed by atoms with Crippen molar-refractivity contribution >= 4 is 17.9 Å². The molecule has 20 heavy (non-hydrogen) atoms. The first-order valence-corrected chi connectivity index (χ1v) is 6.27. The fraction of sp³-hybridized carbons (Fsp3) is 0.0588. The summed E-state index contributed by atoms with van der Waals surface area (Å²) in [7, 11) is 0. The van der Waals surface area contributed by atoms with E-state index in [1.165, 1.54) is 0 Å². The average Bonchev–Trinajstić information content (AvgIpc) is 2.49. The second-order valence-corrected chi connectivity index (χ2v) is 4.31. The number of carboxylic acid groups (broad SMARTS) is 1. The number of hydrogen-bond donors (Lipinski definition) is 1. The molecule has 0 aromatic heterocycles. The molecule has 3 heteroatoms. The van der Waals surface area contributed by atoms with Crippen LogP contribution in [0.3, 0.4) is 0 Å². The van der Waals surface area contributed by atoms with Crippen LogP contribution in [0.2, 0.25) is 0 Å². The van der Waals surface area contributed by atoms with E-state index in [0.717, 1.165) is 11.1 Å². The van der Waals surface area contributed by atoms with E-state index in [-0.39, 0.29) is 5.57 Å². The van der Waals surface area contributed by atoms with Gasteiger partial charge in [0.05, 0.1) is 11.3 Å². The van der Waals surface area contributed by atoms with Crippen molar-refractivity contribution in [1.82, 2.24) is 0 Å². The molecule has 0 amide bonds. The van der Waals surface area contributed by atoms with Crippen LogP contribution in [-0.4, -0.2) is 17.3 Å². The van der Waals surface area contributed by atoms with Crippen molar-refractivity contribution in [1.29, 1.82) is 0 Å². The van der Waals surface area contributed by atoms with Crippen LogP contribution in [0.25, 0.3) is 5.70 Å². The van der Waals surface area contributed by atoms with Crippen molar-refractivity contribution < 1.29 is 9.90 Å². The van der Waals surface area contributed by atoms with Gasteiger partial charge < -0.3 is 5.11 Å². The highest BCUT2D eigenvalue weighted by atomic mass is 16.4. The third-order valence-electron chi connectivity index (χ3n) is 2.87. The van der Waals surface area contributed by atoms with Gasteiger partial charge in [-0.25, -0.2) is 4.79 Å². The Kier molecular flexibility index (Phi) is 4.45. The molecular weight excluding hydrogens is 250 g/mol. The predicted octanol–water partition coefficient (Wildman–Crippen LogP) is 3.62. The molecule has 0 aliphatic rings. The molecule has 3 nitrogen and oxygen atoms in total. The molecule has 0 aliphatic carbocycles. The third kappa shape index (κ3) is 3.42. The minimum atomic E-state index is -0.964. The standard InChI is InChI=1S/C17H15NO2/c1-13(17(19)20)16(15-10-6-3-7-11-15)18-12-14-8-4-2-5-9-14/h2-12H,1H3,(H,19,20). The number of aliphatic imine (C=N–C) groups is 1. The maximum atomic E-state index is 11.2. The van der Waals surface area contributed by atoms with Crippen molar-refractivity contribution in [2.75, 3.05) is 0 Å². The zero-order chi connectivity index (χ0) is 14.4. The van der Waals surface area contributed by atoms with Gasteiger partial charge in [-0.2, -0.15) is 0 Å². The summed E-state index contributed by atoms with van der Waals surface area (Å²) in [6.07, 6.45) is 1.68. The summed E-state index contributed by atoms with van der Waals surface area (Å²) < 4.78 is 0. The topological polar surface area (TPSA) is 49.7 Å². The largest absolute Gasteiger partial charge is 0.478 e. The molecule has 0 saturated carbocycles. The van der Waals surface area contributed by atoms with E-state index >= 15 is 0 Å². The Hall–Kier alpha value is -2.68. The van der Waals surface area contributed by atoms with Crippen LogP contribution in [0.4, 0.5) is 0 Å². The lowest BCUT2D eigenvalue weighted by molar-refractivity contribution is -0.132. The van der Waals surface area contributed by atoms with Gasteiger partial charge in [0.2, 0.25) is 0 Å². The zero-order valence-corrected chi connectivity index (χ0v) is 11.2. The lowest BCUT2D eigenvalue weighted by Crippen LogP contribution is -2.00. The Bertz CT molecular complexity index is 643. The summed E-state index contributed by atoms with van der Waals surface area (Å²) >= 11 is 0. The number of nitrogens with zero attached hydrogens (tertiary/aromatic N) is 1. The summed E-state index contributed by atoms with van der Waals surface area (Å²) in [6, 6.07) is 18.9. The fourth-order valence-corrected chi connectivity index (χ4v) is 1.76. The molecule has 0 aliphatic heterocycles. The number of carbonyl (C=O) groups is 1. The van der Waals surface area contributed by atoms with Gasteiger partial charge in [-0.1, -0.05) is 60.7 Å². The minimum absolute atomic E-state index is 0.225. The van der Waals surface area contributed by atoms with Crippen molar-refractivity contribution in [2.24, 2.45) is 4.99 Å². The van der Waals surface area contributed by atoms with Gasteiger partial charge in [0.1, 0.15) is 0 Å². The smallest absolute Gasteiger partial charge is 0.333 e. The molecule has 0 heterocycles. The number of hydrogen-bond acceptors (Lipinski definition) is 2. The highest BCUT2D eigenvalue weighted by molar-refractivity contribution is 5.97. The van der Waals surface area contributed by atoms with Crippen LogP contribution in [-0.2, 0) is 4.79 Å². The van der Waals surface area contributed by atoms with Crippen LogP contribution in [0, 0.1) is 0 Å². The molecule has 2 aromatic rings. The van der Waals surface area contributed by atoms with E-state index in [0.29, 0.717) is 5.70 Å². The van der Waals surface area contributed by atoms with E-state index in [2.05, 4.69) is 4.99 Å².